The summed E-state index contributed by atoms with van der Waals surface area (Å²) in [7, 11) is 0. The van der Waals surface area contributed by atoms with Crippen LogP contribution in [0.5, 0.6) is 0 Å². The smallest absolute Gasteiger partial charge is 0.160 e. The molecule has 0 heterocycles. The van der Waals surface area contributed by atoms with Crippen LogP contribution in [0, 0.1) is 0 Å². The maximum absolute atomic E-state index is 11.4. The van der Waals surface area contributed by atoms with Crippen molar-refractivity contribution in [1.29, 1.82) is 0 Å². The van der Waals surface area contributed by atoms with Gasteiger partial charge in [0.25, 0.3) is 0 Å². The summed E-state index contributed by atoms with van der Waals surface area (Å²) in [5.41, 5.74) is 2.23. The highest BCUT2D eigenvalue weighted by Gasteiger charge is 2.26. The quantitative estimate of drug-likeness (QED) is 0.563. The lowest BCUT2D eigenvalue weighted by molar-refractivity contribution is -0.113. The van der Waals surface area contributed by atoms with Crippen molar-refractivity contribution in [1.82, 2.24) is 0 Å². The van der Waals surface area contributed by atoms with Crippen LogP contribution in [0.3, 0.4) is 0 Å². The van der Waals surface area contributed by atoms with Crippen molar-refractivity contribution in [3.63, 3.8) is 0 Å². The minimum atomic E-state index is -0.548. The van der Waals surface area contributed by atoms with Crippen molar-refractivity contribution in [2.24, 2.45) is 0 Å². The van der Waals surface area contributed by atoms with Crippen molar-refractivity contribution in [3.05, 3.63) is 48.1 Å². The molecule has 0 aliphatic heterocycles. The zero-order valence-corrected chi connectivity index (χ0v) is 8.99. The second-order valence-corrected chi connectivity index (χ2v) is 3.57. The minimum absolute atomic E-state index is 0.0507. The number of ketones is 1. The van der Waals surface area contributed by atoms with E-state index in [1.165, 1.54) is 6.92 Å². The van der Waals surface area contributed by atoms with Gasteiger partial charge in [-0.2, -0.15) is 0 Å². The Hall–Kier alpha value is -1.41. The van der Waals surface area contributed by atoms with E-state index < -0.39 is 6.10 Å². The maximum Gasteiger partial charge on any atom is 0.160 e. The molecule has 2 heteroatoms. The molecular weight excluding hydrogens is 188 g/mol. The summed E-state index contributed by atoms with van der Waals surface area (Å²) in [4.78, 5) is 11.4. The van der Waals surface area contributed by atoms with Crippen molar-refractivity contribution in [2.45, 2.75) is 25.9 Å². The molecule has 0 spiro atoms. The third-order valence-corrected chi connectivity index (χ3v) is 2.57. The molecule has 1 unspecified atom stereocenters. The van der Waals surface area contributed by atoms with Crippen molar-refractivity contribution < 1.29 is 9.90 Å². The highest BCUT2D eigenvalue weighted by Crippen LogP contribution is 2.32. The van der Waals surface area contributed by atoms with E-state index >= 15 is 0 Å². The molecule has 80 valence electrons. The number of carbonyl (C=O) groups excluding carboxylic acids is 1. The molecule has 0 aromatic heterocycles. The summed E-state index contributed by atoms with van der Waals surface area (Å²) in [5.74, 6) is -0.0507. The summed E-state index contributed by atoms with van der Waals surface area (Å²) < 4.78 is 0. The van der Waals surface area contributed by atoms with E-state index in [1.807, 2.05) is 0 Å². The van der Waals surface area contributed by atoms with Gasteiger partial charge in [-0.05, 0) is 30.9 Å². The molecule has 0 aromatic carbocycles. The Balaban J connectivity index is 3.22. The lowest BCUT2D eigenvalue weighted by Gasteiger charge is -2.11. The molecule has 2 nitrogen and oxygen atoms in total. The van der Waals surface area contributed by atoms with Crippen molar-refractivity contribution in [3.8, 4) is 0 Å². The summed E-state index contributed by atoms with van der Waals surface area (Å²) >= 11 is 0. The Labute approximate surface area is 90.3 Å². The van der Waals surface area contributed by atoms with Crippen LogP contribution in [-0.4, -0.2) is 17.0 Å². The molecule has 0 bridgehead atoms. The fourth-order valence-corrected chi connectivity index (χ4v) is 1.86. The second kappa shape index (κ2) is 4.89. The van der Waals surface area contributed by atoms with Gasteiger partial charge < -0.3 is 5.11 Å². The first-order chi connectivity index (χ1) is 7.11. The molecular formula is C13H16O2. The third kappa shape index (κ3) is 2.34. The zero-order valence-electron chi connectivity index (χ0n) is 8.99. The van der Waals surface area contributed by atoms with Gasteiger partial charge in [0.1, 0.15) is 0 Å². The second-order valence-electron chi connectivity index (χ2n) is 3.57. The summed E-state index contributed by atoms with van der Waals surface area (Å²) in [6, 6.07) is 0. The van der Waals surface area contributed by atoms with E-state index in [9.17, 15) is 9.90 Å². The summed E-state index contributed by atoms with van der Waals surface area (Å²) in [5, 5.41) is 9.80. The van der Waals surface area contributed by atoms with Gasteiger partial charge in [-0.3, -0.25) is 4.79 Å². The molecule has 0 saturated carbocycles. The Morgan fingerprint density at radius 2 is 2.20 bits per heavy atom. The molecule has 1 aliphatic carbocycles. The van der Waals surface area contributed by atoms with Gasteiger partial charge in [0.15, 0.2) is 5.78 Å². The third-order valence-electron chi connectivity index (χ3n) is 2.57. The highest BCUT2D eigenvalue weighted by molar-refractivity contribution is 5.98. The fraction of sp³-hybridized carbons (Fsp3) is 0.308. The van der Waals surface area contributed by atoms with E-state index in [0.29, 0.717) is 12.0 Å². The van der Waals surface area contributed by atoms with Crippen LogP contribution in [0.4, 0.5) is 0 Å². The van der Waals surface area contributed by atoms with Gasteiger partial charge in [-0.1, -0.05) is 31.4 Å². The first-order valence-corrected chi connectivity index (χ1v) is 4.99. The molecule has 0 radical (unpaired) electrons. The number of allylic oxidation sites excluding steroid dienone is 4. The SMILES string of the molecule is C=C/C=C(/C(C)=O)C1=C(C=C)CCC1O. The number of aliphatic hydroxyl groups excluding tert-OH is 1. The number of carbonyl (C=O) groups is 1. The van der Waals surface area contributed by atoms with Gasteiger partial charge >= 0.3 is 0 Å². The maximum atomic E-state index is 11.4. The van der Waals surface area contributed by atoms with E-state index in [-0.39, 0.29) is 5.78 Å². The van der Waals surface area contributed by atoms with Gasteiger partial charge in [0, 0.05) is 5.57 Å². The van der Waals surface area contributed by atoms with Gasteiger partial charge in [-0.25, -0.2) is 0 Å². The molecule has 1 N–H and O–H groups in total. The highest BCUT2D eigenvalue weighted by atomic mass is 16.3. The van der Waals surface area contributed by atoms with Gasteiger partial charge in [0.05, 0.1) is 6.10 Å². The van der Waals surface area contributed by atoms with Gasteiger partial charge in [0.2, 0.25) is 0 Å². The lowest BCUT2D eigenvalue weighted by atomic mass is 9.97. The average Bonchev–Trinajstić information content (AvgIpc) is 2.55. The summed E-state index contributed by atoms with van der Waals surface area (Å²) in [6.45, 7) is 8.76. The predicted octanol–water partition coefficient (Wildman–Crippen LogP) is 2.33. The van der Waals surface area contributed by atoms with E-state index in [0.717, 1.165) is 17.6 Å². The number of Topliss-reactive ketones (excluding diaryl/α,β-unsaturated/α-hetero) is 1. The first kappa shape index (κ1) is 11.7. The molecule has 0 fully saturated rings. The van der Waals surface area contributed by atoms with Crippen LogP contribution in [0.2, 0.25) is 0 Å². The molecule has 15 heavy (non-hydrogen) atoms. The molecule has 0 saturated heterocycles. The van der Waals surface area contributed by atoms with Crippen LogP contribution in [0.1, 0.15) is 19.8 Å². The molecule has 1 atom stereocenters. The van der Waals surface area contributed by atoms with Crippen molar-refractivity contribution >= 4 is 5.78 Å². The number of aliphatic hydroxyl groups is 1. The van der Waals surface area contributed by atoms with E-state index in [4.69, 9.17) is 0 Å². The zero-order chi connectivity index (χ0) is 11.4. The summed E-state index contributed by atoms with van der Waals surface area (Å²) in [6.07, 6.45) is 5.82. The molecule has 1 rings (SSSR count). The van der Waals surface area contributed by atoms with Crippen molar-refractivity contribution in [2.75, 3.05) is 0 Å². The Kier molecular flexibility index (Phi) is 3.81. The Morgan fingerprint density at radius 1 is 1.53 bits per heavy atom. The van der Waals surface area contributed by atoms with Crippen LogP contribution in [0.25, 0.3) is 0 Å². The first-order valence-electron chi connectivity index (χ1n) is 4.99. The number of hydrogen-bond donors (Lipinski definition) is 1. The van der Waals surface area contributed by atoms with Crippen LogP contribution in [-0.2, 0) is 4.79 Å². The standard InChI is InChI=1S/C13H16O2/c1-4-6-11(9(3)14)13-10(5-2)7-8-12(13)15/h4-6,12,15H,1-2,7-8H2,3H3/b11-6-. The van der Waals surface area contributed by atoms with Crippen LogP contribution < -0.4 is 0 Å². The van der Waals surface area contributed by atoms with Gasteiger partial charge in [-0.15, -0.1) is 0 Å². The van der Waals surface area contributed by atoms with Crippen LogP contribution in [0.15, 0.2) is 48.1 Å². The molecule has 0 aromatic rings. The normalized spacial score (nSPS) is 21.7. The Morgan fingerprint density at radius 3 is 2.67 bits per heavy atom. The molecule has 1 aliphatic rings. The average molecular weight is 204 g/mol. The minimum Gasteiger partial charge on any atom is -0.388 e. The number of hydrogen-bond acceptors (Lipinski definition) is 2. The lowest BCUT2D eigenvalue weighted by Crippen LogP contribution is -2.11. The van der Waals surface area contributed by atoms with E-state index in [2.05, 4.69) is 13.2 Å². The fourth-order valence-electron chi connectivity index (χ4n) is 1.86. The monoisotopic (exact) mass is 204 g/mol. The van der Waals surface area contributed by atoms with Crippen LogP contribution >= 0.6 is 0 Å². The molecule has 0 amide bonds. The Bertz CT molecular complexity index is 359. The van der Waals surface area contributed by atoms with E-state index in [1.54, 1.807) is 18.2 Å². The largest absolute Gasteiger partial charge is 0.388 e. The predicted molar refractivity (Wildman–Crippen MR) is 61.4 cm³/mol. The topological polar surface area (TPSA) is 37.3 Å². The number of rotatable bonds is 4.